The molecule has 0 saturated heterocycles. The van der Waals surface area contributed by atoms with Crippen molar-refractivity contribution < 1.29 is 0 Å². The van der Waals surface area contributed by atoms with E-state index >= 15 is 0 Å². The van der Waals surface area contributed by atoms with Crippen LogP contribution in [-0.4, -0.2) is 12.8 Å². The summed E-state index contributed by atoms with van der Waals surface area (Å²) in [4.78, 5) is 0. The van der Waals surface area contributed by atoms with Crippen LogP contribution in [0, 0.1) is 22.7 Å². The van der Waals surface area contributed by atoms with Crippen molar-refractivity contribution >= 4 is 23.0 Å². The minimum absolute atomic E-state index is 0.211. The van der Waals surface area contributed by atoms with Crippen LogP contribution in [0.5, 0.6) is 0 Å². The Morgan fingerprint density at radius 3 is 2.47 bits per heavy atom. The molecule has 1 aromatic rings. The maximum absolute atomic E-state index is 8.53. The van der Waals surface area contributed by atoms with Crippen LogP contribution in [0.1, 0.15) is 0 Å². The molecular weight excluding hydrogens is 212 g/mol. The van der Waals surface area contributed by atoms with Crippen LogP contribution in [-0.2, 0) is 0 Å². The summed E-state index contributed by atoms with van der Waals surface area (Å²) in [6.07, 6.45) is 0. The van der Waals surface area contributed by atoms with Crippen molar-refractivity contribution in [3.05, 3.63) is 29.3 Å². The van der Waals surface area contributed by atoms with E-state index in [-0.39, 0.29) is 5.71 Å². The predicted octanol–water partition coefficient (Wildman–Crippen LogP) is 2.18. The van der Waals surface area contributed by atoms with Crippen molar-refractivity contribution in [1.82, 2.24) is 0 Å². The Bertz CT molecular complexity index is 451. The Hall–Kier alpha value is -2.04. The van der Waals surface area contributed by atoms with Gasteiger partial charge in [-0.25, -0.2) is 0 Å². The van der Waals surface area contributed by atoms with E-state index in [2.05, 4.69) is 5.10 Å². The smallest absolute Gasteiger partial charge is 0.237 e. The number of anilines is 1. The third-order valence-corrected chi connectivity index (χ3v) is 1.98. The lowest BCUT2D eigenvalue weighted by atomic mass is 10.3. The Labute approximate surface area is 92.6 Å². The highest BCUT2D eigenvalue weighted by Gasteiger charge is 2.04. The van der Waals surface area contributed by atoms with Gasteiger partial charge in [0.05, 0.1) is 10.7 Å². The lowest BCUT2D eigenvalue weighted by molar-refractivity contribution is 1.02. The fourth-order valence-corrected chi connectivity index (χ4v) is 1.25. The summed E-state index contributed by atoms with van der Waals surface area (Å²) in [6.45, 7) is 0. The molecule has 0 bridgehead atoms. The first kappa shape index (κ1) is 11.0. The molecule has 0 saturated carbocycles. The molecule has 1 aromatic carbocycles. The third kappa shape index (κ3) is 2.70. The summed E-state index contributed by atoms with van der Waals surface area (Å²) in [5.41, 5.74) is 0.430. The average molecular weight is 219 g/mol. The van der Waals surface area contributed by atoms with Crippen molar-refractivity contribution in [2.45, 2.75) is 0 Å². The van der Waals surface area contributed by atoms with Gasteiger partial charge in [0.1, 0.15) is 12.1 Å². The van der Waals surface area contributed by atoms with Crippen molar-refractivity contribution in [1.29, 1.82) is 10.5 Å². The van der Waals surface area contributed by atoms with Gasteiger partial charge in [-0.2, -0.15) is 15.6 Å². The molecule has 0 amide bonds. The molecule has 1 rings (SSSR count). The van der Waals surface area contributed by atoms with E-state index in [1.807, 2.05) is 0 Å². The van der Waals surface area contributed by atoms with Gasteiger partial charge in [0.25, 0.3) is 0 Å². The zero-order valence-electron chi connectivity index (χ0n) is 7.98. The van der Waals surface area contributed by atoms with Crippen LogP contribution >= 0.6 is 11.6 Å². The van der Waals surface area contributed by atoms with E-state index in [0.29, 0.717) is 10.7 Å². The Morgan fingerprint density at radius 1 is 1.33 bits per heavy atom. The van der Waals surface area contributed by atoms with Gasteiger partial charge in [-0.3, -0.25) is 5.01 Å². The molecule has 15 heavy (non-hydrogen) atoms. The van der Waals surface area contributed by atoms with Gasteiger partial charge in [-0.1, -0.05) is 23.7 Å². The number of rotatable bonds is 2. The van der Waals surface area contributed by atoms with Gasteiger partial charge >= 0.3 is 0 Å². The first-order chi connectivity index (χ1) is 7.19. The number of nitrogens with zero attached hydrogens (tertiary/aromatic N) is 4. The van der Waals surface area contributed by atoms with Crippen LogP contribution in [0.25, 0.3) is 0 Å². The summed E-state index contributed by atoms with van der Waals surface area (Å²) in [7, 11) is 1.62. The largest absolute Gasteiger partial charge is 0.265 e. The number of benzene rings is 1. The van der Waals surface area contributed by atoms with Gasteiger partial charge in [-0.15, -0.1) is 0 Å². The fraction of sp³-hybridized carbons (Fsp3) is 0.100. The van der Waals surface area contributed by atoms with Gasteiger partial charge in [0.2, 0.25) is 5.71 Å². The molecule has 0 aliphatic heterocycles. The minimum atomic E-state index is -0.211. The first-order valence-corrected chi connectivity index (χ1v) is 4.44. The maximum atomic E-state index is 8.53. The van der Waals surface area contributed by atoms with Gasteiger partial charge in [0, 0.05) is 7.05 Å². The number of para-hydroxylation sites is 1. The van der Waals surface area contributed by atoms with Crippen LogP contribution < -0.4 is 5.01 Å². The monoisotopic (exact) mass is 218 g/mol. The summed E-state index contributed by atoms with van der Waals surface area (Å²) >= 11 is 5.91. The Balaban J connectivity index is 3.03. The molecule has 0 radical (unpaired) electrons. The highest BCUT2D eigenvalue weighted by atomic mass is 35.5. The standard InChI is InChI=1S/C10H7ClN4/c1-15(14-8(6-12)7-13)10-5-3-2-4-9(10)11/h2-5H,1H3. The lowest BCUT2D eigenvalue weighted by Gasteiger charge is -2.13. The normalized spacial score (nSPS) is 8.53. The number of hydrogen-bond acceptors (Lipinski definition) is 4. The Morgan fingerprint density at radius 2 is 1.93 bits per heavy atom. The molecule has 0 N–H and O–H groups in total. The number of hydrogen-bond donors (Lipinski definition) is 0. The molecule has 0 spiro atoms. The summed E-state index contributed by atoms with van der Waals surface area (Å²) in [6, 6.07) is 10.4. The van der Waals surface area contributed by atoms with E-state index in [9.17, 15) is 0 Å². The van der Waals surface area contributed by atoms with Crippen molar-refractivity contribution in [3.8, 4) is 12.1 Å². The minimum Gasteiger partial charge on any atom is -0.265 e. The van der Waals surface area contributed by atoms with Crippen molar-refractivity contribution in [3.63, 3.8) is 0 Å². The first-order valence-electron chi connectivity index (χ1n) is 4.06. The fourth-order valence-electron chi connectivity index (χ4n) is 0.988. The quantitative estimate of drug-likeness (QED) is 0.565. The van der Waals surface area contributed by atoms with Crippen LogP contribution in [0.2, 0.25) is 5.02 Å². The topological polar surface area (TPSA) is 63.2 Å². The molecule has 0 atom stereocenters. The van der Waals surface area contributed by atoms with E-state index in [1.165, 1.54) is 5.01 Å². The highest BCUT2D eigenvalue weighted by Crippen LogP contribution is 2.24. The van der Waals surface area contributed by atoms with E-state index < -0.39 is 0 Å². The van der Waals surface area contributed by atoms with Crippen molar-refractivity contribution in [2.75, 3.05) is 12.1 Å². The molecule has 0 unspecified atom stereocenters. The van der Waals surface area contributed by atoms with Gasteiger partial charge in [0.15, 0.2) is 0 Å². The number of nitriles is 2. The van der Waals surface area contributed by atoms with E-state index in [1.54, 1.807) is 43.5 Å². The average Bonchev–Trinajstić information content (AvgIpc) is 2.26. The van der Waals surface area contributed by atoms with Crippen LogP contribution in [0.4, 0.5) is 5.69 Å². The number of hydrazone groups is 1. The second-order valence-electron chi connectivity index (χ2n) is 2.65. The van der Waals surface area contributed by atoms with Gasteiger partial charge in [-0.05, 0) is 12.1 Å². The molecule has 0 fully saturated rings. The molecule has 0 heterocycles. The summed E-state index contributed by atoms with van der Waals surface area (Å²) in [5.74, 6) is 0. The summed E-state index contributed by atoms with van der Waals surface area (Å²) < 4.78 is 0. The molecule has 0 aliphatic rings. The lowest BCUT2D eigenvalue weighted by Crippen LogP contribution is -2.11. The third-order valence-electron chi connectivity index (χ3n) is 1.66. The van der Waals surface area contributed by atoms with E-state index in [0.717, 1.165) is 0 Å². The second kappa shape index (κ2) is 4.99. The SMILES string of the molecule is CN(N=C(C#N)C#N)c1ccccc1Cl. The van der Waals surface area contributed by atoms with Crippen molar-refractivity contribution in [2.24, 2.45) is 5.10 Å². The molecule has 4 nitrogen and oxygen atoms in total. The Kier molecular flexibility index (Phi) is 3.68. The van der Waals surface area contributed by atoms with Crippen LogP contribution in [0.3, 0.4) is 0 Å². The van der Waals surface area contributed by atoms with E-state index in [4.69, 9.17) is 22.1 Å². The van der Waals surface area contributed by atoms with Crippen LogP contribution in [0.15, 0.2) is 29.4 Å². The number of halogens is 1. The zero-order chi connectivity index (χ0) is 11.3. The summed E-state index contributed by atoms with van der Waals surface area (Å²) in [5, 5.41) is 22.8. The molecule has 74 valence electrons. The molecule has 5 heteroatoms. The van der Waals surface area contributed by atoms with Gasteiger partial charge < -0.3 is 0 Å². The second-order valence-corrected chi connectivity index (χ2v) is 3.05. The highest BCUT2D eigenvalue weighted by molar-refractivity contribution is 6.33. The molecule has 0 aliphatic carbocycles. The molecular formula is C10H7ClN4. The maximum Gasteiger partial charge on any atom is 0.237 e. The predicted molar refractivity (Wildman–Crippen MR) is 58.5 cm³/mol. The zero-order valence-corrected chi connectivity index (χ0v) is 8.73. The molecule has 0 aromatic heterocycles.